The van der Waals surface area contributed by atoms with Crippen molar-refractivity contribution in [2.75, 3.05) is 5.32 Å². The van der Waals surface area contributed by atoms with Crippen molar-refractivity contribution in [1.82, 2.24) is 0 Å². The molecule has 0 spiro atoms. The molecule has 1 aromatic carbocycles. The summed E-state index contributed by atoms with van der Waals surface area (Å²) < 4.78 is 0. The Labute approximate surface area is 135 Å². The van der Waals surface area contributed by atoms with E-state index < -0.39 is 0 Å². The summed E-state index contributed by atoms with van der Waals surface area (Å²) in [4.78, 5) is 12.9. The van der Waals surface area contributed by atoms with Gasteiger partial charge in [-0.25, -0.2) is 0 Å². The second kappa shape index (κ2) is 4.89. The number of benzene rings is 1. The third-order valence-electron chi connectivity index (χ3n) is 5.64. The van der Waals surface area contributed by atoms with Gasteiger partial charge >= 0.3 is 0 Å². The summed E-state index contributed by atoms with van der Waals surface area (Å²) in [5, 5.41) is 4.19. The van der Waals surface area contributed by atoms with Crippen LogP contribution in [0.4, 0.5) is 5.69 Å². The average molecular weight is 324 g/mol. The smallest absolute Gasteiger partial charge is 0.230 e. The highest BCUT2D eigenvalue weighted by atomic mass is 35.5. The summed E-state index contributed by atoms with van der Waals surface area (Å²) in [5.41, 5.74) is 0.581. The minimum Gasteiger partial charge on any atom is -0.326 e. The minimum absolute atomic E-state index is 0.135. The molecule has 1 aromatic rings. The van der Waals surface area contributed by atoms with Gasteiger partial charge in [0.1, 0.15) is 0 Å². The van der Waals surface area contributed by atoms with Crippen LogP contribution in [0.15, 0.2) is 18.2 Å². The molecular weight excluding hydrogens is 305 g/mol. The van der Waals surface area contributed by atoms with Gasteiger partial charge in [0.15, 0.2) is 0 Å². The second-order valence-electron chi connectivity index (χ2n) is 7.31. The van der Waals surface area contributed by atoms with E-state index in [-0.39, 0.29) is 11.3 Å². The fourth-order valence-corrected chi connectivity index (χ4v) is 5.80. The van der Waals surface area contributed by atoms with Crippen molar-refractivity contribution < 1.29 is 4.79 Å². The number of carbonyl (C=O) groups is 1. The van der Waals surface area contributed by atoms with E-state index in [4.69, 9.17) is 23.2 Å². The number of hydrogen-bond acceptors (Lipinski definition) is 1. The topological polar surface area (TPSA) is 29.1 Å². The summed E-state index contributed by atoms with van der Waals surface area (Å²) in [6.45, 7) is 0. The summed E-state index contributed by atoms with van der Waals surface area (Å²) in [6.07, 6.45) is 7.23. The Balaban J connectivity index is 1.57. The van der Waals surface area contributed by atoms with Crippen LogP contribution in [0.5, 0.6) is 0 Å². The molecule has 0 aromatic heterocycles. The Morgan fingerprint density at radius 2 is 1.43 bits per heavy atom. The molecule has 21 heavy (non-hydrogen) atoms. The summed E-state index contributed by atoms with van der Waals surface area (Å²) in [7, 11) is 0. The third-order valence-corrected chi connectivity index (χ3v) is 6.08. The number of nitrogens with one attached hydrogen (secondary N) is 1. The lowest BCUT2D eigenvalue weighted by atomic mass is 9.49. The van der Waals surface area contributed by atoms with Crippen molar-refractivity contribution in [3.8, 4) is 0 Å². The largest absolute Gasteiger partial charge is 0.326 e. The van der Waals surface area contributed by atoms with Gasteiger partial charge in [-0.2, -0.15) is 0 Å². The Bertz CT molecular complexity index is 543. The predicted molar refractivity (Wildman–Crippen MR) is 85.7 cm³/mol. The van der Waals surface area contributed by atoms with Gasteiger partial charge < -0.3 is 5.32 Å². The average Bonchev–Trinajstić information content (AvgIpc) is 2.35. The van der Waals surface area contributed by atoms with Gasteiger partial charge in [0.05, 0.1) is 5.41 Å². The van der Waals surface area contributed by atoms with Gasteiger partial charge in [0.2, 0.25) is 5.91 Å². The zero-order valence-electron chi connectivity index (χ0n) is 11.9. The molecule has 4 bridgehead atoms. The van der Waals surface area contributed by atoms with Gasteiger partial charge in [-0.15, -0.1) is 0 Å². The third kappa shape index (κ3) is 2.47. The van der Waals surface area contributed by atoms with Crippen LogP contribution in [0.2, 0.25) is 10.0 Å². The van der Waals surface area contributed by atoms with Crippen LogP contribution >= 0.6 is 23.2 Å². The van der Waals surface area contributed by atoms with Crippen LogP contribution < -0.4 is 5.32 Å². The second-order valence-corrected chi connectivity index (χ2v) is 8.18. The standard InChI is InChI=1S/C17H19Cl2NO/c18-13-4-14(19)6-15(5-13)20-16(21)17-7-10-1-11(8-17)3-12(2-10)9-17/h4-6,10-12H,1-3,7-9H2,(H,20,21). The van der Waals surface area contributed by atoms with Crippen LogP contribution in [0.3, 0.4) is 0 Å². The molecule has 0 radical (unpaired) electrons. The van der Waals surface area contributed by atoms with E-state index in [0.717, 1.165) is 37.0 Å². The van der Waals surface area contributed by atoms with Gasteiger partial charge in [-0.3, -0.25) is 4.79 Å². The summed E-state index contributed by atoms with van der Waals surface area (Å²) >= 11 is 12.0. The van der Waals surface area contributed by atoms with E-state index in [2.05, 4.69) is 5.32 Å². The molecule has 0 atom stereocenters. The first-order chi connectivity index (χ1) is 10.0. The molecule has 4 aliphatic rings. The Morgan fingerprint density at radius 1 is 0.952 bits per heavy atom. The lowest BCUT2D eigenvalue weighted by Gasteiger charge is -2.55. The molecule has 4 aliphatic carbocycles. The van der Waals surface area contributed by atoms with Crippen molar-refractivity contribution in [1.29, 1.82) is 0 Å². The molecular formula is C17H19Cl2NO. The molecule has 1 N–H and O–H groups in total. The van der Waals surface area contributed by atoms with Crippen LogP contribution in [0, 0.1) is 23.2 Å². The van der Waals surface area contributed by atoms with Crippen molar-refractivity contribution in [2.45, 2.75) is 38.5 Å². The van der Waals surface area contributed by atoms with Crippen molar-refractivity contribution in [3.05, 3.63) is 28.2 Å². The molecule has 0 aliphatic heterocycles. The number of rotatable bonds is 2. The highest BCUT2D eigenvalue weighted by Gasteiger charge is 2.54. The Morgan fingerprint density at radius 3 is 1.90 bits per heavy atom. The van der Waals surface area contributed by atoms with Gasteiger partial charge in [-0.1, -0.05) is 23.2 Å². The SMILES string of the molecule is O=C(Nc1cc(Cl)cc(Cl)c1)C12CC3CC(CC(C3)C1)C2. The predicted octanol–water partition coefficient (Wildman–Crippen LogP) is 5.15. The lowest BCUT2D eigenvalue weighted by molar-refractivity contribution is -0.140. The molecule has 2 nitrogen and oxygen atoms in total. The van der Waals surface area contributed by atoms with Crippen LogP contribution in [-0.4, -0.2) is 5.91 Å². The number of amides is 1. The van der Waals surface area contributed by atoms with Crippen molar-refractivity contribution >= 4 is 34.8 Å². The molecule has 112 valence electrons. The van der Waals surface area contributed by atoms with Gasteiger partial charge in [-0.05, 0) is 74.5 Å². The zero-order valence-corrected chi connectivity index (χ0v) is 13.4. The Kier molecular flexibility index (Phi) is 3.24. The molecule has 0 saturated heterocycles. The maximum absolute atomic E-state index is 12.9. The van der Waals surface area contributed by atoms with Gasteiger partial charge in [0, 0.05) is 15.7 Å². The lowest BCUT2D eigenvalue weighted by Crippen LogP contribution is -2.51. The quantitative estimate of drug-likeness (QED) is 0.801. The number of halogens is 2. The zero-order chi connectivity index (χ0) is 14.6. The maximum Gasteiger partial charge on any atom is 0.230 e. The van der Waals surface area contributed by atoms with E-state index in [9.17, 15) is 4.79 Å². The molecule has 4 heteroatoms. The normalized spacial score (nSPS) is 36.8. The van der Waals surface area contributed by atoms with E-state index >= 15 is 0 Å². The van der Waals surface area contributed by atoms with E-state index in [1.165, 1.54) is 19.3 Å². The monoisotopic (exact) mass is 323 g/mol. The molecule has 4 fully saturated rings. The van der Waals surface area contributed by atoms with E-state index in [1.54, 1.807) is 18.2 Å². The van der Waals surface area contributed by atoms with Gasteiger partial charge in [0.25, 0.3) is 0 Å². The first kappa shape index (κ1) is 13.9. The minimum atomic E-state index is -0.135. The molecule has 1 amide bonds. The summed E-state index contributed by atoms with van der Waals surface area (Å²) in [5.74, 6) is 2.49. The highest BCUT2D eigenvalue weighted by molar-refractivity contribution is 6.35. The first-order valence-electron chi connectivity index (χ1n) is 7.80. The fourth-order valence-electron chi connectivity index (χ4n) is 5.28. The van der Waals surface area contributed by atoms with Crippen molar-refractivity contribution in [2.24, 2.45) is 23.2 Å². The van der Waals surface area contributed by atoms with Crippen molar-refractivity contribution in [3.63, 3.8) is 0 Å². The van der Waals surface area contributed by atoms with Crippen LogP contribution in [0.25, 0.3) is 0 Å². The number of anilines is 1. The summed E-state index contributed by atoms with van der Waals surface area (Å²) in [6, 6.07) is 5.22. The number of hydrogen-bond donors (Lipinski definition) is 1. The molecule has 0 unspecified atom stereocenters. The van der Waals surface area contributed by atoms with E-state index in [1.807, 2.05) is 0 Å². The van der Waals surface area contributed by atoms with Crippen LogP contribution in [0.1, 0.15) is 38.5 Å². The fraction of sp³-hybridized carbons (Fsp3) is 0.588. The number of carbonyl (C=O) groups excluding carboxylic acids is 1. The first-order valence-corrected chi connectivity index (χ1v) is 8.55. The van der Waals surface area contributed by atoms with E-state index in [0.29, 0.717) is 15.7 Å². The highest BCUT2D eigenvalue weighted by Crippen LogP contribution is 2.60. The Hall–Kier alpha value is -0.730. The molecule has 0 heterocycles. The van der Waals surface area contributed by atoms with Crippen LogP contribution in [-0.2, 0) is 4.79 Å². The molecule has 4 saturated carbocycles. The molecule has 5 rings (SSSR count). The maximum atomic E-state index is 12.9.